The minimum Gasteiger partial charge on any atom is -0.381 e. The number of ether oxygens (including phenoxy) is 1. The number of anilines is 2. The highest BCUT2D eigenvalue weighted by Gasteiger charge is 2.18. The Balaban J connectivity index is 1.11. The molecule has 35 heavy (non-hydrogen) atoms. The predicted octanol–water partition coefficient (Wildman–Crippen LogP) is 4.15. The normalized spacial score (nSPS) is 18.6. The van der Waals surface area contributed by atoms with E-state index in [4.69, 9.17) is 9.72 Å². The Morgan fingerprint density at radius 3 is 2.89 bits per heavy atom. The molecule has 0 bridgehead atoms. The number of aromatic nitrogens is 6. The first-order valence-corrected chi connectivity index (χ1v) is 13.3. The molecule has 9 nitrogen and oxygen atoms in total. The van der Waals surface area contributed by atoms with Crippen LogP contribution >= 0.6 is 11.3 Å². The van der Waals surface area contributed by atoms with Crippen LogP contribution in [0.3, 0.4) is 0 Å². The second kappa shape index (κ2) is 10.3. The Hall–Kier alpha value is -2.95. The summed E-state index contributed by atoms with van der Waals surface area (Å²) in [5.74, 6) is 1.29. The van der Waals surface area contributed by atoms with Gasteiger partial charge in [0.05, 0.1) is 17.2 Å². The van der Waals surface area contributed by atoms with Gasteiger partial charge in [-0.1, -0.05) is 11.3 Å². The summed E-state index contributed by atoms with van der Waals surface area (Å²) in [6, 6.07) is 5.98. The quantitative estimate of drug-likeness (QED) is 0.374. The highest BCUT2D eigenvalue weighted by molar-refractivity contribution is 7.15. The predicted molar refractivity (Wildman–Crippen MR) is 137 cm³/mol. The van der Waals surface area contributed by atoms with Crippen molar-refractivity contribution >= 4 is 33.3 Å². The largest absolute Gasteiger partial charge is 0.381 e. The third kappa shape index (κ3) is 5.50. The highest BCUT2D eigenvalue weighted by Crippen LogP contribution is 2.26. The summed E-state index contributed by atoms with van der Waals surface area (Å²) in [6.45, 7) is 6.24. The van der Waals surface area contributed by atoms with Gasteiger partial charge in [0.15, 0.2) is 0 Å². The van der Waals surface area contributed by atoms with E-state index in [1.807, 2.05) is 29.2 Å². The number of fused-ring (bicyclic) bond motifs is 1. The van der Waals surface area contributed by atoms with E-state index in [-0.39, 0.29) is 0 Å². The number of nitrogens with zero attached hydrogens (tertiary/aromatic N) is 7. The maximum absolute atomic E-state index is 5.47. The second-order valence-corrected chi connectivity index (χ2v) is 10.5. The molecule has 0 aromatic carbocycles. The zero-order valence-corrected chi connectivity index (χ0v) is 20.6. The standard InChI is InChI=1S/C25H30N8OS/c1-2-8-32(7-1)9-3-10-33-16-20(15-27-33)19-13-22-21(26-14-19)4-5-23(28-22)29-25-31-30-24(35-25)12-18-6-11-34-17-18/h4-5,13-16,18H,1-3,6-12,17H2,(H,28,29,31). The minimum absolute atomic E-state index is 0.550. The zero-order valence-electron chi connectivity index (χ0n) is 19.8. The van der Waals surface area contributed by atoms with Gasteiger partial charge in [-0.2, -0.15) is 5.10 Å². The molecule has 2 saturated heterocycles. The van der Waals surface area contributed by atoms with E-state index in [1.165, 1.54) is 25.9 Å². The summed E-state index contributed by atoms with van der Waals surface area (Å²) in [4.78, 5) is 11.9. The molecule has 6 rings (SSSR count). The summed E-state index contributed by atoms with van der Waals surface area (Å²) in [6.07, 6.45) is 11.7. The van der Waals surface area contributed by atoms with Crippen molar-refractivity contribution < 1.29 is 4.74 Å². The molecule has 2 fully saturated rings. The van der Waals surface area contributed by atoms with Crippen LogP contribution in [0.15, 0.2) is 36.8 Å². The Morgan fingerprint density at radius 2 is 2.00 bits per heavy atom. The molecule has 10 heteroatoms. The van der Waals surface area contributed by atoms with E-state index >= 15 is 0 Å². The topological polar surface area (TPSA) is 93.9 Å². The van der Waals surface area contributed by atoms with Gasteiger partial charge in [-0.15, -0.1) is 10.2 Å². The molecular formula is C25H30N8OS. The summed E-state index contributed by atoms with van der Waals surface area (Å²) in [5.41, 5.74) is 3.77. The number of likely N-dealkylation sites (tertiary alicyclic amines) is 1. The van der Waals surface area contributed by atoms with Crippen molar-refractivity contribution in [1.29, 1.82) is 0 Å². The molecule has 1 atom stereocenters. The first kappa shape index (κ1) is 22.5. The van der Waals surface area contributed by atoms with Gasteiger partial charge in [0, 0.05) is 49.7 Å². The van der Waals surface area contributed by atoms with Gasteiger partial charge in [0.2, 0.25) is 5.13 Å². The molecule has 0 saturated carbocycles. The van der Waals surface area contributed by atoms with E-state index in [1.54, 1.807) is 11.3 Å². The van der Waals surface area contributed by atoms with Crippen LogP contribution in [0.25, 0.3) is 22.2 Å². The fourth-order valence-electron chi connectivity index (χ4n) is 4.82. The molecule has 2 aliphatic rings. The molecule has 4 aromatic rings. The molecule has 2 aliphatic heterocycles. The second-order valence-electron chi connectivity index (χ2n) is 9.41. The van der Waals surface area contributed by atoms with Gasteiger partial charge in [-0.25, -0.2) is 4.98 Å². The van der Waals surface area contributed by atoms with Crippen LogP contribution in [0.4, 0.5) is 10.9 Å². The van der Waals surface area contributed by atoms with Crippen LogP contribution in [0, 0.1) is 5.92 Å². The van der Waals surface area contributed by atoms with Crippen molar-refractivity contribution in [3.63, 3.8) is 0 Å². The van der Waals surface area contributed by atoms with Crippen LogP contribution in [0.1, 0.15) is 30.7 Å². The summed E-state index contributed by atoms with van der Waals surface area (Å²) in [7, 11) is 0. The average molecular weight is 491 g/mol. The lowest BCUT2D eigenvalue weighted by molar-refractivity contribution is 0.186. The highest BCUT2D eigenvalue weighted by atomic mass is 32.1. The van der Waals surface area contributed by atoms with E-state index in [9.17, 15) is 0 Å². The number of nitrogens with one attached hydrogen (secondary N) is 1. The molecule has 4 aromatic heterocycles. The van der Waals surface area contributed by atoms with Crippen molar-refractivity contribution in [1.82, 2.24) is 34.8 Å². The number of hydrogen-bond acceptors (Lipinski definition) is 9. The lowest BCUT2D eigenvalue weighted by Gasteiger charge is -2.13. The first-order chi connectivity index (χ1) is 17.3. The van der Waals surface area contributed by atoms with Crippen molar-refractivity contribution in [3.05, 3.63) is 41.8 Å². The minimum atomic E-state index is 0.550. The van der Waals surface area contributed by atoms with E-state index in [0.717, 1.165) is 83.7 Å². The Morgan fingerprint density at radius 1 is 1.06 bits per heavy atom. The molecule has 1 N–H and O–H groups in total. The van der Waals surface area contributed by atoms with Gasteiger partial charge in [-0.3, -0.25) is 9.67 Å². The van der Waals surface area contributed by atoms with E-state index in [2.05, 4.69) is 42.8 Å². The lowest BCUT2D eigenvalue weighted by atomic mass is 10.1. The number of rotatable bonds is 9. The first-order valence-electron chi connectivity index (χ1n) is 12.5. The Bertz CT molecular complexity index is 1280. The molecule has 0 aliphatic carbocycles. The smallest absolute Gasteiger partial charge is 0.211 e. The monoisotopic (exact) mass is 490 g/mol. The summed E-state index contributed by atoms with van der Waals surface area (Å²) in [5, 5.41) is 18.3. The van der Waals surface area contributed by atoms with Crippen molar-refractivity contribution in [3.8, 4) is 11.1 Å². The van der Waals surface area contributed by atoms with Crippen molar-refractivity contribution in [2.75, 3.05) is 38.2 Å². The maximum atomic E-state index is 5.47. The summed E-state index contributed by atoms with van der Waals surface area (Å²) >= 11 is 1.58. The van der Waals surface area contributed by atoms with Gasteiger partial charge in [0.25, 0.3) is 0 Å². The molecule has 0 amide bonds. The number of aryl methyl sites for hydroxylation is 1. The maximum Gasteiger partial charge on any atom is 0.211 e. The fraction of sp³-hybridized carbons (Fsp3) is 0.480. The number of hydrogen-bond donors (Lipinski definition) is 1. The van der Waals surface area contributed by atoms with Gasteiger partial charge in [0.1, 0.15) is 10.8 Å². The molecule has 0 radical (unpaired) electrons. The molecule has 0 spiro atoms. The molecule has 182 valence electrons. The van der Waals surface area contributed by atoms with Crippen molar-refractivity contribution in [2.45, 2.75) is 38.6 Å². The fourth-order valence-corrected chi connectivity index (χ4v) is 5.68. The Labute approximate surface area is 208 Å². The van der Waals surface area contributed by atoms with E-state index < -0.39 is 0 Å². The molecule has 1 unspecified atom stereocenters. The van der Waals surface area contributed by atoms with Gasteiger partial charge >= 0.3 is 0 Å². The van der Waals surface area contributed by atoms with Crippen LogP contribution in [0.2, 0.25) is 0 Å². The van der Waals surface area contributed by atoms with Crippen LogP contribution in [-0.4, -0.2) is 67.7 Å². The van der Waals surface area contributed by atoms with Crippen LogP contribution in [0.5, 0.6) is 0 Å². The van der Waals surface area contributed by atoms with Gasteiger partial charge < -0.3 is 15.0 Å². The third-order valence-electron chi connectivity index (χ3n) is 6.75. The summed E-state index contributed by atoms with van der Waals surface area (Å²) < 4.78 is 7.50. The zero-order chi connectivity index (χ0) is 23.5. The average Bonchev–Trinajstić information content (AvgIpc) is 3.68. The van der Waals surface area contributed by atoms with E-state index in [0.29, 0.717) is 5.92 Å². The molecule has 6 heterocycles. The lowest BCUT2D eigenvalue weighted by Crippen LogP contribution is -2.21. The number of pyridine rings is 2. The van der Waals surface area contributed by atoms with Gasteiger partial charge in [-0.05, 0) is 69.4 Å². The van der Waals surface area contributed by atoms with Crippen molar-refractivity contribution in [2.24, 2.45) is 5.92 Å². The SMILES string of the molecule is c1nc2ccc(Nc3nnc(CC4CCOC4)s3)nc2cc1-c1cnn(CCCN2CCCC2)c1. The molecular weight excluding hydrogens is 460 g/mol. The third-order valence-corrected chi connectivity index (χ3v) is 7.61. The van der Waals surface area contributed by atoms with Crippen LogP contribution in [-0.2, 0) is 17.7 Å². The van der Waals surface area contributed by atoms with Crippen LogP contribution < -0.4 is 5.32 Å². The Kier molecular flexibility index (Phi) is 6.66.